The van der Waals surface area contributed by atoms with Gasteiger partial charge in [-0.15, -0.1) is 0 Å². The van der Waals surface area contributed by atoms with Crippen LogP contribution in [0, 0.1) is 0 Å². The zero-order valence-corrected chi connectivity index (χ0v) is 25.3. The number of aromatic nitrogens is 3. The number of hydrogen-bond donors (Lipinski definition) is 0. The summed E-state index contributed by atoms with van der Waals surface area (Å²) < 4.78 is 6.44. The number of fused-ring (bicyclic) bond motifs is 4. The standard InChI is InChI=1S/C43H27N3O/c1-2-13-28(14-3-1)33-20-6-7-22-37(33)42-44-41(31-18-10-17-30(27-31)34-23-11-16-29-15-4-5-19-32(29)34)45-43(46-42)38-25-12-24-36-35-21-8-9-26-39(35)47-40(36)38/h1-27H. The Bertz CT molecular complexity index is 2580. The molecular formula is C43H27N3O. The van der Waals surface area contributed by atoms with Crippen LogP contribution in [0.5, 0.6) is 0 Å². The van der Waals surface area contributed by atoms with Crippen LogP contribution in [-0.2, 0) is 0 Å². The van der Waals surface area contributed by atoms with E-state index in [4.69, 9.17) is 19.4 Å². The van der Waals surface area contributed by atoms with E-state index in [-0.39, 0.29) is 0 Å². The Kier molecular flexibility index (Phi) is 6.43. The minimum absolute atomic E-state index is 0.563. The number of furan rings is 1. The van der Waals surface area contributed by atoms with E-state index in [9.17, 15) is 0 Å². The largest absolute Gasteiger partial charge is 0.455 e. The van der Waals surface area contributed by atoms with Crippen molar-refractivity contribution in [1.29, 1.82) is 0 Å². The van der Waals surface area contributed by atoms with Gasteiger partial charge in [-0.2, -0.15) is 0 Å². The Morgan fingerprint density at radius 1 is 0.340 bits per heavy atom. The summed E-state index contributed by atoms with van der Waals surface area (Å²) in [5, 5.41) is 4.51. The van der Waals surface area contributed by atoms with Gasteiger partial charge in [0.2, 0.25) is 0 Å². The number of rotatable bonds is 5. The van der Waals surface area contributed by atoms with Crippen LogP contribution in [-0.4, -0.2) is 15.0 Å². The van der Waals surface area contributed by atoms with Gasteiger partial charge in [0.15, 0.2) is 17.5 Å². The lowest BCUT2D eigenvalue weighted by atomic mass is 9.97. The van der Waals surface area contributed by atoms with Crippen molar-refractivity contribution < 1.29 is 4.42 Å². The molecule has 2 heterocycles. The molecule has 4 heteroatoms. The molecule has 0 amide bonds. The second-order valence-corrected chi connectivity index (χ2v) is 11.6. The van der Waals surface area contributed by atoms with Crippen LogP contribution in [0.2, 0.25) is 0 Å². The number of nitrogens with zero attached hydrogens (tertiary/aromatic N) is 3. The molecule has 2 aromatic heterocycles. The first-order valence-electron chi connectivity index (χ1n) is 15.7. The lowest BCUT2D eigenvalue weighted by molar-refractivity contribution is 0.669. The molecule has 7 aromatic carbocycles. The van der Waals surface area contributed by atoms with E-state index >= 15 is 0 Å². The van der Waals surface area contributed by atoms with Crippen LogP contribution in [0.1, 0.15) is 0 Å². The maximum absolute atomic E-state index is 6.44. The van der Waals surface area contributed by atoms with Crippen molar-refractivity contribution in [3.63, 3.8) is 0 Å². The molecule has 4 nitrogen and oxygen atoms in total. The average Bonchev–Trinajstić information content (AvgIpc) is 3.54. The molecule has 0 aliphatic carbocycles. The molecule has 0 spiro atoms. The number of hydrogen-bond acceptors (Lipinski definition) is 4. The van der Waals surface area contributed by atoms with Gasteiger partial charge in [-0.1, -0.05) is 146 Å². The van der Waals surface area contributed by atoms with Gasteiger partial charge in [0.25, 0.3) is 0 Å². The number of benzene rings is 7. The fourth-order valence-corrected chi connectivity index (χ4v) is 6.52. The third kappa shape index (κ3) is 4.75. The lowest BCUT2D eigenvalue weighted by Gasteiger charge is -2.13. The maximum Gasteiger partial charge on any atom is 0.167 e. The molecule has 0 saturated carbocycles. The molecule has 0 radical (unpaired) electrons. The van der Waals surface area contributed by atoms with E-state index in [0.29, 0.717) is 17.5 Å². The van der Waals surface area contributed by atoms with Crippen molar-refractivity contribution in [2.75, 3.05) is 0 Å². The third-order valence-corrected chi connectivity index (χ3v) is 8.75. The molecule has 0 saturated heterocycles. The fraction of sp³-hybridized carbons (Fsp3) is 0. The van der Waals surface area contributed by atoms with Crippen LogP contribution in [0.3, 0.4) is 0 Å². The van der Waals surface area contributed by atoms with E-state index in [1.54, 1.807) is 0 Å². The zero-order valence-electron chi connectivity index (χ0n) is 25.3. The highest BCUT2D eigenvalue weighted by Crippen LogP contribution is 2.38. The summed E-state index contributed by atoms with van der Waals surface area (Å²) in [6.07, 6.45) is 0. The van der Waals surface area contributed by atoms with Gasteiger partial charge >= 0.3 is 0 Å². The van der Waals surface area contributed by atoms with Gasteiger partial charge in [-0.05, 0) is 51.2 Å². The Labute approximate surface area is 271 Å². The van der Waals surface area contributed by atoms with E-state index in [1.807, 2.05) is 42.5 Å². The molecule has 0 fully saturated rings. The summed E-state index contributed by atoms with van der Waals surface area (Å²) in [6.45, 7) is 0. The van der Waals surface area contributed by atoms with E-state index in [0.717, 1.165) is 55.3 Å². The first-order chi connectivity index (χ1) is 23.3. The Morgan fingerprint density at radius 3 is 1.79 bits per heavy atom. The minimum atomic E-state index is 0.563. The normalized spacial score (nSPS) is 11.4. The Morgan fingerprint density at radius 2 is 0.894 bits per heavy atom. The number of para-hydroxylation sites is 2. The zero-order chi connectivity index (χ0) is 31.2. The molecule has 220 valence electrons. The van der Waals surface area contributed by atoms with Crippen molar-refractivity contribution in [3.8, 4) is 56.4 Å². The molecule has 47 heavy (non-hydrogen) atoms. The Hall–Kier alpha value is -6.39. The Balaban J connectivity index is 1.28. The monoisotopic (exact) mass is 601 g/mol. The second kappa shape index (κ2) is 11.2. The molecule has 9 aromatic rings. The molecule has 0 bridgehead atoms. The SMILES string of the molecule is c1ccc(-c2ccccc2-c2nc(-c3cccc(-c4cccc5ccccc45)c3)nc(-c3cccc4c3oc3ccccc34)n2)cc1. The smallest absolute Gasteiger partial charge is 0.167 e. The molecule has 0 atom stereocenters. The summed E-state index contributed by atoms with van der Waals surface area (Å²) in [7, 11) is 0. The van der Waals surface area contributed by atoms with E-state index in [1.165, 1.54) is 16.3 Å². The second-order valence-electron chi connectivity index (χ2n) is 11.6. The highest BCUT2D eigenvalue weighted by atomic mass is 16.3. The molecule has 9 rings (SSSR count). The molecule has 0 aliphatic rings. The van der Waals surface area contributed by atoms with Gasteiger partial charge in [0.05, 0.1) is 5.56 Å². The quantitative estimate of drug-likeness (QED) is 0.197. The predicted octanol–water partition coefficient (Wildman–Crippen LogP) is 11.3. The first-order valence-corrected chi connectivity index (χ1v) is 15.7. The highest BCUT2D eigenvalue weighted by molar-refractivity contribution is 6.09. The summed E-state index contributed by atoms with van der Waals surface area (Å²) >= 11 is 0. The van der Waals surface area contributed by atoms with Gasteiger partial charge in [-0.25, -0.2) is 15.0 Å². The predicted molar refractivity (Wildman–Crippen MR) is 192 cm³/mol. The van der Waals surface area contributed by atoms with Gasteiger partial charge in [0.1, 0.15) is 11.2 Å². The highest BCUT2D eigenvalue weighted by Gasteiger charge is 2.19. The minimum Gasteiger partial charge on any atom is -0.455 e. The van der Waals surface area contributed by atoms with Crippen LogP contribution in [0.25, 0.3) is 89.1 Å². The maximum atomic E-state index is 6.44. The van der Waals surface area contributed by atoms with Crippen molar-refractivity contribution in [2.24, 2.45) is 0 Å². The van der Waals surface area contributed by atoms with Crippen molar-refractivity contribution >= 4 is 32.7 Å². The van der Waals surface area contributed by atoms with E-state index < -0.39 is 0 Å². The molecular weight excluding hydrogens is 574 g/mol. The van der Waals surface area contributed by atoms with Crippen LogP contribution >= 0.6 is 0 Å². The molecule has 0 N–H and O–H groups in total. The summed E-state index contributed by atoms with van der Waals surface area (Å²) in [6, 6.07) is 56.3. The molecule has 0 aliphatic heterocycles. The van der Waals surface area contributed by atoms with Crippen molar-refractivity contribution in [2.45, 2.75) is 0 Å². The first kappa shape index (κ1) is 27.0. The van der Waals surface area contributed by atoms with Gasteiger partial charge in [0, 0.05) is 21.9 Å². The summed E-state index contributed by atoms with van der Waals surface area (Å²) in [5.74, 6) is 1.77. The summed E-state index contributed by atoms with van der Waals surface area (Å²) in [4.78, 5) is 15.4. The van der Waals surface area contributed by atoms with Crippen LogP contribution < -0.4 is 0 Å². The molecule has 0 unspecified atom stereocenters. The van der Waals surface area contributed by atoms with Crippen LogP contribution in [0.15, 0.2) is 168 Å². The fourth-order valence-electron chi connectivity index (χ4n) is 6.52. The van der Waals surface area contributed by atoms with Gasteiger partial charge in [-0.3, -0.25) is 0 Å². The van der Waals surface area contributed by atoms with Crippen molar-refractivity contribution in [3.05, 3.63) is 164 Å². The summed E-state index contributed by atoms with van der Waals surface area (Å²) in [5.41, 5.74) is 8.70. The lowest BCUT2D eigenvalue weighted by Crippen LogP contribution is -2.01. The topological polar surface area (TPSA) is 51.8 Å². The van der Waals surface area contributed by atoms with Crippen LogP contribution in [0.4, 0.5) is 0 Å². The van der Waals surface area contributed by atoms with Crippen molar-refractivity contribution in [1.82, 2.24) is 15.0 Å². The van der Waals surface area contributed by atoms with E-state index in [2.05, 4.69) is 121 Å². The third-order valence-electron chi connectivity index (χ3n) is 8.75. The van der Waals surface area contributed by atoms with Gasteiger partial charge < -0.3 is 4.42 Å². The average molecular weight is 602 g/mol.